The molecule has 0 aliphatic carbocycles. The summed E-state index contributed by atoms with van der Waals surface area (Å²) < 4.78 is 1.91. The minimum atomic E-state index is 0.128. The first-order valence-electron chi connectivity index (χ1n) is 7.80. The summed E-state index contributed by atoms with van der Waals surface area (Å²) in [4.78, 5) is 18.8. The number of imidazole rings is 1. The van der Waals surface area contributed by atoms with Crippen LogP contribution in [0.5, 0.6) is 0 Å². The molecule has 1 fully saturated rings. The van der Waals surface area contributed by atoms with Gasteiger partial charge in [-0.15, -0.1) is 0 Å². The first-order chi connectivity index (χ1) is 10.8. The normalized spacial score (nSPS) is 18.4. The number of carbonyl (C=O) groups is 1. The van der Waals surface area contributed by atoms with Gasteiger partial charge in [0.15, 0.2) is 0 Å². The molecule has 5 nitrogen and oxygen atoms in total. The molecule has 3 rings (SSSR count). The molecule has 0 spiro atoms. The number of nitrogens with one attached hydrogen (secondary N) is 1. The molecule has 22 heavy (non-hydrogen) atoms. The largest absolute Gasteiger partial charge is 0.338 e. The third kappa shape index (κ3) is 3.20. The topological polar surface area (TPSA) is 50.2 Å². The van der Waals surface area contributed by atoms with Crippen LogP contribution in [0.15, 0.2) is 43.0 Å². The Bertz CT molecular complexity index is 621. The number of benzene rings is 1. The van der Waals surface area contributed by atoms with E-state index in [9.17, 15) is 4.79 Å². The standard InChI is InChI=1S/C17H22N4O/c1-18-11-14-4-3-8-20(12-14)17(22)15-5-2-6-16(10-15)21-9-7-19-13-21/h2,5-7,9-10,13-14,18H,3-4,8,11-12H2,1H3. The molecule has 2 aromatic rings. The van der Waals surface area contributed by atoms with Crippen LogP contribution in [0.4, 0.5) is 0 Å². The van der Waals surface area contributed by atoms with E-state index in [2.05, 4.69) is 10.3 Å². The van der Waals surface area contributed by atoms with Gasteiger partial charge in [-0.3, -0.25) is 4.79 Å². The van der Waals surface area contributed by atoms with Crippen molar-refractivity contribution in [1.29, 1.82) is 0 Å². The Morgan fingerprint density at radius 3 is 3.14 bits per heavy atom. The summed E-state index contributed by atoms with van der Waals surface area (Å²) in [6, 6.07) is 7.74. The van der Waals surface area contributed by atoms with Crippen molar-refractivity contribution in [3.05, 3.63) is 48.5 Å². The quantitative estimate of drug-likeness (QED) is 0.938. The second kappa shape index (κ2) is 6.75. The number of nitrogens with zero attached hydrogens (tertiary/aromatic N) is 3. The second-order valence-corrected chi connectivity index (χ2v) is 5.84. The van der Waals surface area contributed by atoms with Crippen molar-refractivity contribution in [1.82, 2.24) is 19.8 Å². The van der Waals surface area contributed by atoms with Crippen LogP contribution >= 0.6 is 0 Å². The van der Waals surface area contributed by atoms with Gasteiger partial charge in [0, 0.05) is 36.7 Å². The van der Waals surface area contributed by atoms with Crippen LogP contribution < -0.4 is 5.32 Å². The average molecular weight is 298 g/mol. The van der Waals surface area contributed by atoms with Gasteiger partial charge in [-0.2, -0.15) is 0 Å². The van der Waals surface area contributed by atoms with Gasteiger partial charge in [-0.25, -0.2) is 4.98 Å². The van der Waals surface area contributed by atoms with Gasteiger partial charge in [-0.05, 0) is 50.6 Å². The summed E-state index contributed by atoms with van der Waals surface area (Å²) in [6.45, 7) is 2.67. The van der Waals surface area contributed by atoms with E-state index >= 15 is 0 Å². The lowest BCUT2D eigenvalue weighted by atomic mass is 9.97. The van der Waals surface area contributed by atoms with Crippen LogP contribution in [-0.4, -0.2) is 47.0 Å². The molecule has 116 valence electrons. The molecular formula is C17H22N4O. The number of amides is 1. The van der Waals surface area contributed by atoms with Crippen molar-refractivity contribution in [2.24, 2.45) is 5.92 Å². The molecule has 0 bridgehead atoms. The zero-order chi connectivity index (χ0) is 15.4. The number of carbonyl (C=O) groups excluding carboxylic acids is 1. The first kappa shape index (κ1) is 14.8. The highest BCUT2D eigenvalue weighted by Gasteiger charge is 2.24. The van der Waals surface area contributed by atoms with Crippen molar-refractivity contribution in [3.8, 4) is 5.69 Å². The summed E-state index contributed by atoms with van der Waals surface area (Å²) in [5, 5.41) is 3.22. The van der Waals surface area contributed by atoms with Crippen LogP contribution in [0.25, 0.3) is 5.69 Å². The van der Waals surface area contributed by atoms with Crippen molar-refractivity contribution < 1.29 is 4.79 Å². The SMILES string of the molecule is CNCC1CCCN(C(=O)c2cccc(-n3ccnc3)c2)C1. The summed E-state index contributed by atoms with van der Waals surface area (Å²) in [7, 11) is 1.97. The van der Waals surface area contributed by atoms with Crippen molar-refractivity contribution in [2.45, 2.75) is 12.8 Å². The van der Waals surface area contributed by atoms with Crippen molar-refractivity contribution in [2.75, 3.05) is 26.7 Å². The van der Waals surface area contributed by atoms with E-state index in [0.29, 0.717) is 5.92 Å². The molecular weight excluding hydrogens is 276 g/mol. The Hall–Kier alpha value is -2.14. The lowest BCUT2D eigenvalue weighted by molar-refractivity contribution is 0.0674. The fourth-order valence-corrected chi connectivity index (χ4v) is 3.10. The van der Waals surface area contributed by atoms with Gasteiger partial charge in [0.05, 0.1) is 6.33 Å². The maximum atomic E-state index is 12.8. The maximum Gasteiger partial charge on any atom is 0.253 e. The summed E-state index contributed by atoms with van der Waals surface area (Å²) in [5.74, 6) is 0.683. The maximum absolute atomic E-state index is 12.8. The van der Waals surface area contributed by atoms with Gasteiger partial charge < -0.3 is 14.8 Å². The number of likely N-dealkylation sites (tertiary alicyclic amines) is 1. The number of piperidine rings is 1. The lowest BCUT2D eigenvalue weighted by Crippen LogP contribution is -2.42. The Kier molecular flexibility index (Phi) is 4.53. The van der Waals surface area contributed by atoms with Gasteiger partial charge in [0.1, 0.15) is 0 Å². The van der Waals surface area contributed by atoms with E-state index in [1.54, 1.807) is 12.5 Å². The van der Waals surface area contributed by atoms with Crippen LogP contribution in [0.2, 0.25) is 0 Å². The Morgan fingerprint density at radius 1 is 1.45 bits per heavy atom. The number of hydrogen-bond acceptors (Lipinski definition) is 3. The molecule has 1 amide bonds. The molecule has 0 saturated carbocycles. The van der Waals surface area contributed by atoms with E-state index in [-0.39, 0.29) is 5.91 Å². The molecule has 1 atom stereocenters. The van der Waals surface area contributed by atoms with Crippen LogP contribution in [-0.2, 0) is 0 Å². The monoisotopic (exact) mass is 298 g/mol. The summed E-state index contributed by atoms with van der Waals surface area (Å²) in [5.41, 5.74) is 1.71. The molecule has 5 heteroatoms. The Labute approximate surface area is 131 Å². The number of hydrogen-bond donors (Lipinski definition) is 1. The summed E-state index contributed by atoms with van der Waals surface area (Å²) >= 11 is 0. The minimum absolute atomic E-state index is 0.128. The number of rotatable bonds is 4. The van der Waals surface area contributed by atoms with E-state index in [4.69, 9.17) is 0 Å². The smallest absolute Gasteiger partial charge is 0.253 e. The molecule has 1 aliphatic heterocycles. The predicted molar refractivity (Wildman–Crippen MR) is 86.1 cm³/mol. The average Bonchev–Trinajstić information content (AvgIpc) is 3.09. The molecule has 1 N–H and O–H groups in total. The molecule has 2 heterocycles. The molecule has 1 saturated heterocycles. The van der Waals surface area contributed by atoms with E-state index in [1.807, 2.05) is 47.0 Å². The molecule has 0 radical (unpaired) electrons. The van der Waals surface area contributed by atoms with Crippen LogP contribution in [0.3, 0.4) is 0 Å². The van der Waals surface area contributed by atoms with E-state index in [1.165, 1.54) is 6.42 Å². The predicted octanol–water partition coefficient (Wildman–Crippen LogP) is 1.94. The molecule has 1 aromatic carbocycles. The highest BCUT2D eigenvalue weighted by Crippen LogP contribution is 2.19. The second-order valence-electron chi connectivity index (χ2n) is 5.84. The highest BCUT2D eigenvalue weighted by molar-refractivity contribution is 5.94. The van der Waals surface area contributed by atoms with Crippen LogP contribution in [0.1, 0.15) is 23.2 Å². The van der Waals surface area contributed by atoms with Gasteiger partial charge in [0.25, 0.3) is 5.91 Å². The third-order valence-corrected chi connectivity index (χ3v) is 4.19. The minimum Gasteiger partial charge on any atom is -0.338 e. The van der Waals surface area contributed by atoms with Gasteiger partial charge in [0.2, 0.25) is 0 Å². The molecule has 1 unspecified atom stereocenters. The lowest BCUT2D eigenvalue weighted by Gasteiger charge is -2.32. The van der Waals surface area contributed by atoms with Gasteiger partial charge >= 0.3 is 0 Å². The van der Waals surface area contributed by atoms with Crippen LogP contribution in [0, 0.1) is 5.92 Å². The molecule has 1 aromatic heterocycles. The van der Waals surface area contributed by atoms with Gasteiger partial charge in [-0.1, -0.05) is 6.07 Å². The van der Waals surface area contributed by atoms with Crippen molar-refractivity contribution in [3.63, 3.8) is 0 Å². The third-order valence-electron chi connectivity index (χ3n) is 4.19. The Balaban J connectivity index is 1.76. The zero-order valence-electron chi connectivity index (χ0n) is 12.9. The van der Waals surface area contributed by atoms with Crippen molar-refractivity contribution >= 4 is 5.91 Å². The zero-order valence-corrected chi connectivity index (χ0v) is 12.9. The Morgan fingerprint density at radius 2 is 2.36 bits per heavy atom. The first-order valence-corrected chi connectivity index (χ1v) is 7.80. The van der Waals surface area contributed by atoms with E-state index < -0.39 is 0 Å². The number of aromatic nitrogens is 2. The molecule has 1 aliphatic rings. The fraction of sp³-hybridized carbons (Fsp3) is 0.412. The fourth-order valence-electron chi connectivity index (χ4n) is 3.10. The highest BCUT2D eigenvalue weighted by atomic mass is 16.2. The van der Waals surface area contributed by atoms with E-state index in [0.717, 1.165) is 37.3 Å². The summed E-state index contributed by atoms with van der Waals surface area (Å²) in [6.07, 6.45) is 7.64.